The molecule has 0 radical (unpaired) electrons. The fourth-order valence-corrected chi connectivity index (χ4v) is 3.37. The van der Waals surface area contributed by atoms with E-state index in [9.17, 15) is 9.59 Å². The Morgan fingerprint density at radius 3 is 2.52 bits per heavy atom. The van der Waals surface area contributed by atoms with Crippen LogP contribution in [0.1, 0.15) is 33.6 Å². The Morgan fingerprint density at radius 2 is 2.04 bits per heavy atom. The standard InChI is InChI=1S/C19H32N4O2/c1-18(2,3)22-17(25)15-5-8-23(9-6-15)11-14-4-7-19(12-20,13-24)16(21)10-14/h4,7,10,13,15-16H,5-6,8-9,11-12,20-21H2,1-3H3,(H,22,25). The summed E-state index contributed by atoms with van der Waals surface area (Å²) in [6.07, 6.45) is 8.32. The fraction of sp³-hybridized carbons (Fsp3) is 0.684. The van der Waals surface area contributed by atoms with Gasteiger partial charge in [0, 0.05) is 30.6 Å². The van der Waals surface area contributed by atoms with Crippen molar-refractivity contribution in [2.45, 2.75) is 45.2 Å². The SMILES string of the molecule is CC(C)(C)NC(=O)C1CCN(CC2=CC(N)C(C=O)(CN)C=C2)CC1. The zero-order chi connectivity index (χ0) is 18.7. The Morgan fingerprint density at radius 1 is 1.40 bits per heavy atom. The van der Waals surface area contributed by atoms with Crippen molar-refractivity contribution in [2.24, 2.45) is 22.8 Å². The van der Waals surface area contributed by atoms with Crippen molar-refractivity contribution >= 4 is 12.2 Å². The van der Waals surface area contributed by atoms with Crippen LogP contribution in [0.15, 0.2) is 23.8 Å². The van der Waals surface area contributed by atoms with Crippen molar-refractivity contribution in [3.63, 3.8) is 0 Å². The van der Waals surface area contributed by atoms with E-state index >= 15 is 0 Å². The van der Waals surface area contributed by atoms with E-state index in [-0.39, 0.29) is 30.0 Å². The first-order chi connectivity index (χ1) is 11.7. The first kappa shape index (κ1) is 19.8. The van der Waals surface area contributed by atoms with Crippen molar-refractivity contribution < 1.29 is 9.59 Å². The molecule has 6 heteroatoms. The second-order valence-electron chi connectivity index (χ2n) is 8.32. The first-order valence-electron chi connectivity index (χ1n) is 9.05. The highest BCUT2D eigenvalue weighted by molar-refractivity contribution is 5.79. The number of nitrogens with one attached hydrogen (secondary N) is 1. The molecule has 0 spiro atoms. The molecular formula is C19H32N4O2. The van der Waals surface area contributed by atoms with E-state index in [4.69, 9.17) is 11.5 Å². The Kier molecular flexibility index (Phi) is 6.19. The van der Waals surface area contributed by atoms with Gasteiger partial charge in [-0.25, -0.2) is 0 Å². The molecule has 140 valence electrons. The summed E-state index contributed by atoms with van der Waals surface area (Å²) in [4.78, 5) is 25.9. The predicted octanol–water partition coefficient (Wildman–Crippen LogP) is 0.581. The van der Waals surface area contributed by atoms with E-state index in [0.717, 1.165) is 44.3 Å². The molecule has 0 saturated carbocycles. The van der Waals surface area contributed by atoms with Crippen molar-refractivity contribution in [2.75, 3.05) is 26.2 Å². The second kappa shape index (κ2) is 7.81. The highest BCUT2D eigenvalue weighted by atomic mass is 16.2. The van der Waals surface area contributed by atoms with Crippen LogP contribution in [0.25, 0.3) is 0 Å². The van der Waals surface area contributed by atoms with Gasteiger partial charge in [-0.2, -0.15) is 0 Å². The quantitative estimate of drug-likeness (QED) is 0.631. The smallest absolute Gasteiger partial charge is 0.223 e. The van der Waals surface area contributed by atoms with Crippen LogP contribution in [0.2, 0.25) is 0 Å². The second-order valence-corrected chi connectivity index (χ2v) is 8.32. The molecule has 0 aromatic heterocycles. The van der Waals surface area contributed by atoms with Gasteiger partial charge in [0.25, 0.3) is 0 Å². The molecule has 1 aliphatic heterocycles. The van der Waals surface area contributed by atoms with Crippen molar-refractivity contribution in [1.82, 2.24) is 10.2 Å². The van der Waals surface area contributed by atoms with E-state index < -0.39 is 5.41 Å². The molecule has 2 aliphatic rings. The molecule has 0 bridgehead atoms. The van der Waals surface area contributed by atoms with Crippen LogP contribution in [0.3, 0.4) is 0 Å². The minimum atomic E-state index is -0.776. The predicted molar refractivity (Wildman–Crippen MR) is 99.8 cm³/mol. The van der Waals surface area contributed by atoms with Crippen LogP contribution in [0.4, 0.5) is 0 Å². The van der Waals surface area contributed by atoms with E-state index in [1.165, 1.54) is 0 Å². The number of carbonyl (C=O) groups excluding carboxylic acids is 2. The molecule has 1 aliphatic carbocycles. The first-order valence-corrected chi connectivity index (χ1v) is 9.05. The largest absolute Gasteiger partial charge is 0.351 e. The van der Waals surface area contributed by atoms with Crippen LogP contribution < -0.4 is 16.8 Å². The van der Waals surface area contributed by atoms with Gasteiger partial charge in [0.1, 0.15) is 6.29 Å². The van der Waals surface area contributed by atoms with Gasteiger partial charge in [0.15, 0.2) is 0 Å². The molecular weight excluding hydrogens is 316 g/mol. The van der Waals surface area contributed by atoms with Crippen LogP contribution in [-0.4, -0.2) is 54.9 Å². The number of nitrogens with two attached hydrogens (primary N) is 2. The van der Waals surface area contributed by atoms with Crippen LogP contribution >= 0.6 is 0 Å². The van der Waals surface area contributed by atoms with Crippen LogP contribution in [0.5, 0.6) is 0 Å². The zero-order valence-electron chi connectivity index (χ0n) is 15.6. The number of carbonyl (C=O) groups is 2. The maximum atomic E-state index is 12.3. The van der Waals surface area contributed by atoms with Gasteiger partial charge in [-0.05, 0) is 52.3 Å². The molecule has 2 unspecified atom stereocenters. The average molecular weight is 348 g/mol. The van der Waals surface area contributed by atoms with Crippen molar-refractivity contribution in [1.29, 1.82) is 0 Å². The molecule has 1 saturated heterocycles. The summed E-state index contributed by atoms with van der Waals surface area (Å²) in [6, 6.07) is -0.384. The van der Waals surface area contributed by atoms with Gasteiger partial charge in [-0.3, -0.25) is 9.69 Å². The lowest BCUT2D eigenvalue weighted by Gasteiger charge is -2.35. The normalized spacial score (nSPS) is 28.5. The monoisotopic (exact) mass is 348 g/mol. The summed E-state index contributed by atoms with van der Waals surface area (Å²) >= 11 is 0. The van der Waals surface area contributed by atoms with Gasteiger partial charge >= 0.3 is 0 Å². The summed E-state index contributed by atoms with van der Waals surface area (Å²) in [6.45, 7) is 8.80. The minimum absolute atomic E-state index is 0.0913. The number of amides is 1. The third-order valence-corrected chi connectivity index (χ3v) is 5.06. The van der Waals surface area contributed by atoms with E-state index in [0.29, 0.717) is 0 Å². The van der Waals surface area contributed by atoms with Crippen molar-refractivity contribution in [3.05, 3.63) is 23.8 Å². The fourth-order valence-electron chi connectivity index (χ4n) is 3.37. The molecule has 1 fully saturated rings. The maximum Gasteiger partial charge on any atom is 0.223 e. The summed E-state index contributed by atoms with van der Waals surface area (Å²) in [5.41, 5.74) is 12.0. The molecule has 6 nitrogen and oxygen atoms in total. The third-order valence-electron chi connectivity index (χ3n) is 5.06. The number of likely N-dealkylation sites (tertiary alicyclic amines) is 1. The number of hydrogen-bond donors (Lipinski definition) is 3. The lowest BCUT2D eigenvalue weighted by molar-refractivity contribution is -0.127. The summed E-state index contributed by atoms with van der Waals surface area (Å²) in [7, 11) is 0. The molecule has 1 amide bonds. The minimum Gasteiger partial charge on any atom is -0.351 e. The van der Waals surface area contributed by atoms with Gasteiger partial charge < -0.3 is 21.6 Å². The van der Waals surface area contributed by atoms with E-state index in [2.05, 4.69) is 10.2 Å². The summed E-state index contributed by atoms with van der Waals surface area (Å²) < 4.78 is 0. The molecule has 0 aromatic rings. The molecule has 2 atom stereocenters. The zero-order valence-corrected chi connectivity index (χ0v) is 15.6. The molecule has 1 heterocycles. The Balaban J connectivity index is 1.86. The Labute approximate surface area is 150 Å². The molecule has 0 aromatic carbocycles. The Hall–Kier alpha value is -1.50. The molecule has 25 heavy (non-hydrogen) atoms. The van der Waals surface area contributed by atoms with Gasteiger partial charge in [0.05, 0.1) is 5.41 Å². The van der Waals surface area contributed by atoms with Crippen LogP contribution in [-0.2, 0) is 9.59 Å². The molecule has 5 N–H and O–H groups in total. The number of nitrogens with zero attached hydrogens (tertiary/aromatic N) is 1. The Bertz CT molecular complexity index is 556. The number of hydrogen-bond acceptors (Lipinski definition) is 5. The highest BCUT2D eigenvalue weighted by Crippen LogP contribution is 2.27. The number of piperidine rings is 1. The van der Waals surface area contributed by atoms with Gasteiger partial charge in [0.2, 0.25) is 5.91 Å². The lowest BCUT2D eigenvalue weighted by atomic mass is 9.77. The lowest BCUT2D eigenvalue weighted by Crippen LogP contribution is -2.48. The topological polar surface area (TPSA) is 101 Å². The average Bonchev–Trinajstić information content (AvgIpc) is 2.55. The third kappa shape index (κ3) is 5.00. The summed E-state index contributed by atoms with van der Waals surface area (Å²) in [5.74, 6) is 0.248. The van der Waals surface area contributed by atoms with Gasteiger partial charge in [-0.15, -0.1) is 0 Å². The van der Waals surface area contributed by atoms with Crippen LogP contribution in [0, 0.1) is 11.3 Å². The number of aldehydes is 1. The highest BCUT2D eigenvalue weighted by Gasteiger charge is 2.34. The summed E-state index contributed by atoms with van der Waals surface area (Å²) in [5, 5.41) is 3.07. The van der Waals surface area contributed by atoms with Crippen molar-refractivity contribution in [3.8, 4) is 0 Å². The van der Waals surface area contributed by atoms with E-state index in [1.54, 1.807) is 0 Å². The van der Waals surface area contributed by atoms with Gasteiger partial charge in [-0.1, -0.05) is 18.2 Å². The maximum absolute atomic E-state index is 12.3. The van der Waals surface area contributed by atoms with E-state index in [1.807, 2.05) is 39.0 Å². The molecule has 2 rings (SSSR count). The number of rotatable bonds is 5.